The van der Waals surface area contributed by atoms with Crippen molar-refractivity contribution >= 4 is 18.4 Å². The van der Waals surface area contributed by atoms with Gasteiger partial charge in [-0.05, 0) is 0 Å². The molecule has 2 rings (SSSR count). The first kappa shape index (κ1) is 24.8. The van der Waals surface area contributed by atoms with Crippen molar-refractivity contribution in [2.24, 2.45) is 11.3 Å². The van der Waals surface area contributed by atoms with E-state index >= 15 is 0 Å². The molecule has 0 aromatic heterocycles. The Labute approximate surface area is 181 Å². The summed E-state index contributed by atoms with van der Waals surface area (Å²) in [5, 5.41) is 0. The maximum absolute atomic E-state index is 6.57. The van der Waals surface area contributed by atoms with Gasteiger partial charge in [0.1, 0.15) is 0 Å². The van der Waals surface area contributed by atoms with Crippen molar-refractivity contribution in [3.8, 4) is 0 Å². The molecule has 28 heavy (non-hydrogen) atoms. The third kappa shape index (κ3) is 6.02. The van der Waals surface area contributed by atoms with Gasteiger partial charge in [-0.3, -0.25) is 0 Å². The molecular formula is C26H50OSn. The van der Waals surface area contributed by atoms with Crippen LogP contribution in [0.2, 0.25) is 13.3 Å². The van der Waals surface area contributed by atoms with E-state index in [1.165, 1.54) is 64.2 Å². The molecule has 0 amide bonds. The first-order valence-electron chi connectivity index (χ1n) is 12.6. The zero-order valence-corrected chi connectivity index (χ0v) is 23.2. The van der Waals surface area contributed by atoms with E-state index in [9.17, 15) is 0 Å². The molecule has 0 radical (unpaired) electrons. The van der Waals surface area contributed by atoms with Gasteiger partial charge in [-0.15, -0.1) is 0 Å². The standard InChI is InChI=1S/C14H23O.3C4H9.Sn/c1-13(2,3)15-12-9-8-11-7-5-6-10-14(11,12)4;3*1-3-4-2;/h7,11-12H,6,8-10H2,1-4H3;3*1,3-4H2,2H3;/t11-,12-,14-;;;;/m0..../s1. The number of hydrogen-bond acceptors (Lipinski definition) is 1. The Hall–Kier alpha value is 0.499. The molecule has 0 aromatic carbocycles. The van der Waals surface area contributed by atoms with Crippen LogP contribution in [0.3, 0.4) is 0 Å². The number of hydrogen-bond donors (Lipinski definition) is 0. The van der Waals surface area contributed by atoms with Gasteiger partial charge >= 0.3 is 182 Å². The third-order valence-electron chi connectivity index (χ3n) is 7.86. The zero-order valence-electron chi connectivity index (χ0n) is 20.3. The van der Waals surface area contributed by atoms with Crippen LogP contribution in [0.4, 0.5) is 0 Å². The van der Waals surface area contributed by atoms with Crippen molar-refractivity contribution in [3.63, 3.8) is 0 Å². The maximum atomic E-state index is 6.57. The van der Waals surface area contributed by atoms with Crippen molar-refractivity contribution in [3.05, 3.63) is 9.67 Å². The zero-order chi connectivity index (χ0) is 20.8. The molecule has 0 saturated heterocycles. The van der Waals surface area contributed by atoms with E-state index < -0.39 is 18.4 Å². The van der Waals surface area contributed by atoms with Crippen LogP contribution in [-0.2, 0) is 4.74 Å². The summed E-state index contributed by atoms with van der Waals surface area (Å²) < 4.78 is 13.5. The molecule has 2 aliphatic rings. The number of rotatable bonds is 11. The Morgan fingerprint density at radius 1 is 0.964 bits per heavy atom. The SMILES string of the molecule is CCC[CH2][Sn]([CH2]CCC)([CH2]CCC)[C]1=C[C@H]2CC[C@H](OC(C)(C)C)[C@@]2(C)CC1. The Kier molecular flexibility index (Phi) is 9.46. The van der Waals surface area contributed by atoms with E-state index in [4.69, 9.17) is 4.74 Å². The van der Waals surface area contributed by atoms with Crippen LogP contribution in [0.25, 0.3) is 0 Å². The molecule has 1 fully saturated rings. The fraction of sp³-hybridized carbons (Fsp3) is 0.923. The topological polar surface area (TPSA) is 9.23 Å². The van der Waals surface area contributed by atoms with Crippen molar-refractivity contribution in [1.82, 2.24) is 0 Å². The van der Waals surface area contributed by atoms with E-state index in [1.54, 1.807) is 13.3 Å². The van der Waals surface area contributed by atoms with Gasteiger partial charge < -0.3 is 0 Å². The Morgan fingerprint density at radius 3 is 1.96 bits per heavy atom. The minimum absolute atomic E-state index is 0.0150. The van der Waals surface area contributed by atoms with E-state index in [0.717, 1.165) is 5.92 Å². The summed E-state index contributed by atoms with van der Waals surface area (Å²) in [4.78, 5) is 0. The Balaban J connectivity index is 2.27. The molecule has 0 N–H and O–H groups in total. The van der Waals surface area contributed by atoms with Crippen LogP contribution in [0.5, 0.6) is 0 Å². The van der Waals surface area contributed by atoms with E-state index in [2.05, 4.69) is 58.1 Å². The summed E-state index contributed by atoms with van der Waals surface area (Å²) in [6.45, 7) is 16.4. The van der Waals surface area contributed by atoms with Crippen molar-refractivity contribution in [1.29, 1.82) is 0 Å². The first-order valence-corrected chi connectivity index (χ1v) is 20.1. The van der Waals surface area contributed by atoms with Crippen LogP contribution < -0.4 is 0 Å². The summed E-state index contributed by atoms with van der Waals surface area (Å²) in [5.74, 6) is 0.782. The average Bonchev–Trinajstić information content (AvgIpc) is 2.95. The van der Waals surface area contributed by atoms with Crippen LogP contribution in [-0.4, -0.2) is 30.1 Å². The molecule has 0 heterocycles. The number of fused-ring (bicyclic) bond motifs is 1. The molecule has 1 nitrogen and oxygen atoms in total. The monoisotopic (exact) mass is 498 g/mol. The van der Waals surface area contributed by atoms with Gasteiger partial charge in [-0.1, -0.05) is 0 Å². The molecule has 0 spiro atoms. The Morgan fingerprint density at radius 2 is 1.50 bits per heavy atom. The van der Waals surface area contributed by atoms with Gasteiger partial charge in [0, 0.05) is 0 Å². The second kappa shape index (κ2) is 10.7. The second-order valence-corrected chi connectivity index (χ2v) is 24.6. The summed E-state index contributed by atoms with van der Waals surface area (Å²) in [5.41, 5.74) is 0.369. The Bertz CT molecular complexity index is 481. The van der Waals surface area contributed by atoms with Gasteiger partial charge in [0.2, 0.25) is 0 Å². The molecule has 0 aromatic rings. The van der Waals surface area contributed by atoms with Crippen molar-refractivity contribution in [2.45, 2.75) is 138 Å². The van der Waals surface area contributed by atoms with Crippen molar-refractivity contribution in [2.75, 3.05) is 0 Å². The first-order chi connectivity index (χ1) is 13.2. The number of ether oxygens (including phenoxy) is 1. The minimum atomic E-state index is -2.22. The second-order valence-electron chi connectivity index (χ2n) is 11.2. The van der Waals surface area contributed by atoms with Crippen LogP contribution in [0, 0.1) is 11.3 Å². The quantitative estimate of drug-likeness (QED) is 0.260. The fourth-order valence-corrected chi connectivity index (χ4v) is 23.2. The molecule has 2 heteroatoms. The molecular weight excluding hydrogens is 447 g/mol. The van der Waals surface area contributed by atoms with Crippen LogP contribution >= 0.6 is 0 Å². The van der Waals surface area contributed by atoms with Gasteiger partial charge in [0.25, 0.3) is 0 Å². The molecule has 0 aliphatic heterocycles. The average molecular weight is 497 g/mol. The molecule has 3 atom stereocenters. The van der Waals surface area contributed by atoms with E-state index in [0.29, 0.717) is 11.5 Å². The van der Waals surface area contributed by atoms with Gasteiger partial charge in [-0.25, -0.2) is 0 Å². The van der Waals surface area contributed by atoms with Gasteiger partial charge in [0.15, 0.2) is 0 Å². The van der Waals surface area contributed by atoms with Gasteiger partial charge in [-0.2, -0.15) is 0 Å². The molecule has 0 bridgehead atoms. The summed E-state index contributed by atoms with van der Waals surface area (Å²) in [7, 11) is 0. The van der Waals surface area contributed by atoms with Gasteiger partial charge in [0.05, 0.1) is 0 Å². The molecule has 164 valence electrons. The summed E-state index contributed by atoms with van der Waals surface area (Å²) in [6, 6.07) is 0. The predicted molar refractivity (Wildman–Crippen MR) is 128 cm³/mol. The summed E-state index contributed by atoms with van der Waals surface area (Å²) >= 11 is -2.22. The fourth-order valence-electron chi connectivity index (χ4n) is 6.04. The van der Waals surface area contributed by atoms with Crippen LogP contribution in [0.15, 0.2) is 9.67 Å². The van der Waals surface area contributed by atoms with Crippen molar-refractivity contribution < 1.29 is 4.74 Å². The summed E-state index contributed by atoms with van der Waals surface area (Å²) in [6.07, 6.45) is 17.4. The predicted octanol–water partition coefficient (Wildman–Crippen LogP) is 8.69. The molecule has 2 aliphatic carbocycles. The number of unbranched alkanes of at least 4 members (excludes halogenated alkanes) is 3. The third-order valence-corrected chi connectivity index (χ3v) is 24.2. The van der Waals surface area contributed by atoms with E-state index in [-0.39, 0.29) is 5.60 Å². The van der Waals surface area contributed by atoms with Crippen LogP contribution in [0.1, 0.15) is 113 Å². The number of allylic oxidation sites excluding steroid dienone is 2. The van der Waals surface area contributed by atoms with E-state index in [1.807, 2.05) is 0 Å². The normalized spacial score (nSPS) is 28.3. The molecule has 1 saturated carbocycles. The molecule has 0 unspecified atom stereocenters.